The summed E-state index contributed by atoms with van der Waals surface area (Å²) >= 11 is 1.30. The van der Waals surface area contributed by atoms with E-state index in [2.05, 4.69) is 20.8 Å². The van der Waals surface area contributed by atoms with Crippen LogP contribution in [0.2, 0.25) is 0 Å². The second-order valence-corrected chi connectivity index (χ2v) is 6.49. The van der Waals surface area contributed by atoms with Crippen LogP contribution in [0.15, 0.2) is 29.4 Å². The highest BCUT2D eigenvalue weighted by Crippen LogP contribution is 2.30. The SMILES string of the molecule is O=C(CSc1nnnn1C1CCCCC1)Nc1cccc(F)c1. The van der Waals surface area contributed by atoms with Crippen molar-refractivity contribution in [1.29, 1.82) is 0 Å². The zero-order chi connectivity index (χ0) is 16.1. The molecule has 8 heteroatoms. The van der Waals surface area contributed by atoms with E-state index in [9.17, 15) is 9.18 Å². The van der Waals surface area contributed by atoms with Crippen LogP contribution in [0.3, 0.4) is 0 Å². The molecule has 6 nitrogen and oxygen atoms in total. The van der Waals surface area contributed by atoms with Crippen LogP contribution < -0.4 is 5.32 Å². The van der Waals surface area contributed by atoms with Crippen molar-refractivity contribution < 1.29 is 9.18 Å². The van der Waals surface area contributed by atoms with Crippen molar-refractivity contribution in [2.24, 2.45) is 0 Å². The summed E-state index contributed by atoms with van der Waals surface area (Å²) in [5.74, 6) is -0.403. The molecule has 122 valence electrons. The van der Waals surface area contributed by atoms with Gasteiger partial charge in [-0.1, -0.05) is 37.1 Å². The fourth-order valence-electron chi connectivity index (χ4n) is 2.73. The number of amides is 1. The van der Waals surface area contributed by atoms with Crippen molar-refractivity contribution in [2.45, 2.75) is 43.3 Å². The number of nitrogens with zero attached hydrogens (tertiary/aromatic N) is 4. The molecule has 1 heterocycles. The number of tetrazole rings is 1. The molecule has 0 saturated heterocycles. The smallest absolute Gasteiger partial charge is 0.234 e. The van der Waals surface area contributed by atoms with E-state index < -0.39 is 0 Å². The molecule has 1 saturated carbocycles. The Bertz CT molecular complexity index is 671. The van der Waals surface area contributed by atoms with E-state index in [1.807, 2.05) is 4.68 Å². The number of hydrogen-bond acceptors (Lipinski definition) is 5. The Kier molecular flexibility index (Phi) is 5.22. The highest BCUT2D eigenvalue weighted by atomic mass is 32.2. The first-order valence-corrected chi connectivity index (χ1v) is 8.67. The molecule has 1 aliphatic carbocycles. The van der Waals surface area contributed by atoms with E-state index >= 15 is 0 Å². The van der Waals surface area contributed by atoms with Crippen LogP contribution in [0.4, 0.5) is 10.1 Å². The largest absolute Gasteiger partial charge is 0.325 e. The van der Waals surface area contributed by atoms with E-state index in [4.69, 9.17) is 0 Å². The summed E-state index contributed by atoms with van der Waals surface area (Å²) in [4.78, 5) is 12.0. The Morgan fingerprint density at radius 1 is 1.35 bits per heavy atom. The Morgan fingerprint density at radius 3 is 2.96 bits per heavy atom. The van der Waals surface area contributed by atoms with Crippen LogP contribution in [0.1, 0.15) is 38.1 Å². The Morgan fingerprint density at radius 2 is 2.17 bits per heavy atom. The molecular weight excluding hydrogens is 317 g/mol. The van der Waals surface area contributed by atoms with E-state index in [1.54, 1.807) is 12.1 Å². The predicted molar refractivity (Wildman–Crippen MR) is 85.7 cm³/mol. The van der Waals surface area contributed by atoms with Crippen LogP contribution in [-0.4, -0.2) is 31.9 Å². The fourth-order valence-corrected chi connectivity index (χ4v) is 3.47. The molecule has 0 aliphatic heterocycles. The first-order chi connectivity index (χ1) is 11.2. The van der Waals surface area contributed by atoms with Crippen molar-refractivity contribution in [3.63, 3.8) is 0 Å². The van der Waals surface area contributed by atoms with Crippen molar-refractivity contribution in [1.82, 2.24) is 20.2 Å². The summed E-state index contributed by atoms with van der Waals surface area (Å²) in [5, 5.41) is 15.1. The van der Waals surface area contributed by atoms with E-state index in [0.717, 1.165) is 12.8 Å². The van der Waals surface area contributed by atoms with Gasteiger partial charge in [0.15, 0.2) is 0 Å². The third-order valence-electron chi connectivity index (χ3n) is 3.82. The maximum absolute atomic E-state index is 13.1. The monoisotopic (exact) mass is 335 g/mol. The fraction of sp³-hybridized carbons (Fsp3) is 0.467. The van der Waals surface area contributed by atoms with E-state index in [1.165, 1.54) is 43.2 Å². The summed E-state index contributed by atoms with van der Waals surface area (Å²) in [7, 11) is 0. The van der Waals surface area contributed by atoms with Crippen LogP contribution in [0.5, 0.6) is 0 Å². The van der Waals surface area contributed by atoms with Gasteiger partial charge in [0.05, 0.1) is 11.8 Å². The molecule has 0 spiro atoms. The van der Waals surface area contributed by atoms with Crippen LogP contribution in [0, 0.1) is 5.82 Å². The molecule has 1 N–H and O–H groups in total. The topological polar surface area (TPSA) is 72.7 Å². The van der Waals surface area contributed by atoms with Gasteiger partial charge < -0.3 is 5.32 Å². The van der Waals surface area contributed by atoms with Gasteiger partial charge in [-0.15, -0.1) is 5.10 Å². The van der Waals surface area contributed by atoms with Gasteiger partial charge in [0.2, 0.25) is 11.1 Å². The molecule has 1 aromatic carbocycles. The summed E-state index contributed by atoms with van der Waals surface area (Å²) in [6.07, 6.45) is 5.79. The third-order valence-corrected chi connectivity index (χ3v) is 4.76. The molecule has 1 aliphatic rings. The van der Waals surface area contributed by atoms with Gasteiger partial charge in [0.1, 0.15) is 5.82 Å². The second-order valence-electron chi connectivity index (χ2n) is 5.55. The van der Waals surface area contributed by atoms with E-state index in [-0.39, 0.29) is 17.5 Å². The van der Waals surface area contributed by atoms with Crippen LogP contribution >= 0.6 is 11.8 Å². The molecule has 0 radical (unpaired) electrons. The number of anilines is 1. The standard InChI is InChI=1S/C15H18FN5OS/c16-11-5-4-6-12(9-11)17-14(22)10-23-15-18-19-20-21(15)13-7-2-1-3-8-13/h4-6,9,13H,1-3,7-8,10H2,(H,17,22). The number of halogens is 1. The third kappa shape index (κ3) is 4.28. The highest BCUT2D eigenvalue weighted by molar-refractivity contribution is 7.99. The molecule has 1 amide bonds. The number of thioether (sulfide) groups is 1. The number of aromatic nitrogens is 4. The van der Waals surface area contributed by atoms with Gasteiger partial charge in [-0.2, -0.15) is 0 Å². The quantitative estimate of drug-likeness (QED) is 0.850. The van der Waals surface area contributed by atoms with Crippen LogP contribution in [-0.2, 0) is 4.79 Å². The Labute approximate surface area is 137 Å². The Balaban J connectivity index is 1.56. The van der Waals surface area contributed by atoms with Crippen molar-refractivity contribution in [3.05, 3.63) is 30.1 Å². The lowest BCUT2D eigenvalue weighted by Gasteiger charge is -2.21. The summed E-state index contributed by atoms with van der Waals surface area (Å²) in [6.45, 7) is 0. The van der Waals surface area contributed by atoms with E-state index in [0.29, 0.717) is 16.9 Å². The Hall–Kier alpha value is -1.96. The first-order valence-electron chi connectivity index (χ1n) is 7.68. The zero-order valence-electron chi connectivity index (χ0n) is 12.6. The molecule has 1 aromatic heterocycles. The number of rotatable bonds is 5. The molecule has 23 heavy (non-hydrogen) atoms. The molecule has 0 unspecified atom stereocenters. The van der Waals surface area contributed by atoms with Gasteiger partial charge in [-0.25, -0.2) is 9.07 Å². The molecular formula is C15H18FN5OS. The molecule has 1 fully saturated rings. The maximum atomic E-state index is 13.1. The number of benzene rings is 1. The molecule has 2 aromatic rings. The highest BCUT2D eigenvalue weighted by Gasteiger charge is 2.20. The first kappa shape index (κ1) is 15.9. The van der Waals surface area contributed by atoms with Gasteiger partial charge in [0, 0.05) is 5.69 Å². The predicted octanol–water partition coefficient (Wildman–Crippen LogP) is 3.05. The lowest BCUT2D eigenvalue weighted by molar-refractivity contribution is -0.113. The van der Waals surface area contributed by atoms with Gasteiger partial charge in [-0.3, -0.25) is 4.79 Å². The number of carbonyl (C=O) groups excluding carboxylic acids is 1. The minimum absolute atomic E-state index is 0.184. The van der Waals surface area contributed by atoms with Gasteiger partial charge in [0.25, 0.3) is 0 Å². The summed E-state index contributed by atoms with van der Waals surface area (Å²) in [5.41, 5.74) is 0.447. The van der Waals surface area contributed by atoms with Crippen LogP contribution in [0.25, 0.3) is 0 Å². The summed E-state index contributed by atoms with van der Waals surface area (Å²) < 4.78 is 14.9. The molecule has 0 atom stereocenters. The summed E-state index contributed by atoms with van der Waals surface area (Å²) in [6, 6.07) is 6.16. The average molecular weight is 335 g/mol. The average Bonchev–Trinajstić information content (AvgIpc) is 3.02. The van der Waals surface area contributed by atoms with Crippen molar-refractivity contribution in [3.8, 4) is 0 Å². The molecule has 0 bridgehead atoms. The van der Waals surface area contributed by atoms with Gasteiger partial charge >= 0.3 is 0 Å². The minimum Gasteiger partial charge on any atom is -0.325 e. The van der Waals surface area contributed by atoms with Gasteiger partial charge in [-0.05, 0) is 41.5 Å². The lowest BCUT2D eigenvalue weighted by atomic mass is 9.96. The molecule has 3 rings (SSSR count). The lowest BCUT2D eigenvalue weighted by Crippen LogP contribution is -2.17. The normalized spacial score (nSPS) is 15.5. The van der Waals surface area contributed by atoms with Crippen molar-refractivity contribution >= 4 is 23.4 Å². The minimum atomic E-state index is -0.378. The number of hydrogen-bond donors (Lipinski definition) is 1. The maximum Gasteiger partial charge on any atom is 0.234 e. The number of nitrogens with one attached hydrogen (secondary N) is 1. The zero-order valence-corrected chi connectivity index (χ0v) is 13.4. The number of carbonyl (C=O) groups is 1. The second kappa shape index (κ2) is 7.54. The van der Waals surface area contributed by atoms with Crippen molar-refractivity contribution in [2.75, 3.05) is 11.1 Å².